The number of fused-ring (bicyclic) bond motifs is 4. The lowest BCUT2D eigenvalue weighted by molar-refractivity contribution is 0.0596. The fourth-order valence-electron chi connectivity index (χ4n) is 3.73. The number of para-hydroxylation sites is 1. The van der Waals surface area contributed by atoms with Gasteiger partial charge in [-0.25, -0.2) is 9.78 Å². The number of rotatable bonds is 3. The van der Waals surface area contributed by atoms with Crippen LogP contribution in [0.3, 0.4) is 0 Å². The molecule has 0 saturated carbocycles. The van der Waals surface area contributed by atoms with E-state index in [1.54, 1.807) is 13.8 Å². The minimum Gasteiger partial charge on any atom is -0.465 e. The van der Waals surface area contributed by atoms with Crippen molar-refractivity contribution in [2.75, 3.05) is 7.11 Å². The van der Waals surface area contributed by atoms with Gasteiger partial charge in [-0.2, -0.15) is 0 Å². The van der Waals surface area contributed by atoms with Crippen LogP contribution < -0.4 is 5.56 Å². The van der Waals surface area contributed by atoms with Crippen molar-refractivity contribution in [3.63, 3.8) is 0 Å². The molecule has 1 aliphatic rings. The molecule has 3 heterocycles. The van der Waals surface area contributed by atoms with Gasteiger partial charge in [0.1, 0.15) is 0 Å². The number of aromatic nitrogens is 2. The lowest BCUT2D eigenvalue weighted by Crippen LogP contribution is -2.28. The molecule has 0 fully saturated rings. The van der Waals surface area contributed by atoms with Gasteiger partial charge < -0.3 is 9.30 Å². The van der Waals surface area contributed by atoms with Gasteiger partial charge in [-0.15, -0.1) is 0 Å². The molecule has 6 nitrogen and oxygen atoms in total. The summed E-state index contributed by atoms with van der Waals surface area (Å²) in [5.74, 6) is -0.899. The molecule has 6 heteroatoms. The van der Waals surface area contributed by atoms with Crippen molar-refractivity contribution in [1.82, 2.24) is 9.55 Å². The van der Waals surface area contributed by atoms with Crippen LogP contribution in [0, 0.1) is 6.92 Å². The third-order valence-corrected chi connectivity index (χ3v) is 5.04. The highest BCUT2D eigenvalue weighted by molar-refractivity contribution is 6.10. The molecule has 4 rings (SSSR count). The first-order valence-electron chi connectivity index (χ1n) is 8.75. The van der Waals surface area contributed by atoms with Crippen molar-refractivity contribution in [3.05, 3.63) is 62.9 Å². The molecule has 1 aliphatic heterocycles. The van der Waals surface area contributed by atoms with Crippen LogP contribution in [0.25, 0.3) is 22.3 Å². The number of hydrogen-bond acceptors (Lipinski definition) is 5. The van der Waals surface area contributed by atoms with E-state index in [1.165, 1.54) is 11.7 Å². The summed E-state index contributed by atoms with van der Waals surface area (Å²) in [6, 6.07) is 9.61. The second-order valence-electron chi connectivity index (χ2n) is 6.57. The lowest BCUT2D eigenvalue weighted by Gasteiger charge is -2.15. The molecule has 27 heavy (non-hydrogen) atoms. The van der Waals surface area contributed by atoms with E-state index >= 15 is 0 Å². The summed E-state index contributed by atoms with van der Waals surface area (Å²) in [7, 11) is 1.27. The lowest BCUT2D eigenvalue weighted by atomic mass is 9.95. The van der Waals surface area contributed by atoms with Gasteiger partial charge in [-0.05, 0) is 19.1 Å². The SMILES string of the molecule is CCC(=O)c1c(C(=O)OC)c2n(c(=O)c1C)Cc1cc3ccccc3nc1-2. The van der Waals surface area contributed by atoms with Gasteiger partial charge in [0.25, 0.3) is 5.56 Å². The Morgan fingerprint density at radius 3 is 2.67 bits per heavy atom. The normalized spacial score (nSPS) is 12.0. The molecule has 0 saturated heterocycles. The van der Waals surface area contributed by atoms with Crippen LogP contribution in [0.1, 0.15) is 45.2 Å². The fourth-order valence-corrected chi connectivity index (χ4v) is 3.73. The Labute approximate surface area is 155 Å². The number of hydrogen-bond donors (Lipinski definition) is 0. The predicted octanol–water partition coefficient (Wildman–Crippen LogP) is 3.11. The van der Waals surface area contributed by atoms with Crippen LogP contribution in [-0.2, 0) is 11.3 Å². The molecule has 0 amide bonds. The molecular formula is C21H18N2O4. The molecule has 0 atom stereocenters. The Bertz CT molecular complexity index is 1190. The Morgan fingerprint density at radius 1 is 1.22 bits per heavy atom. The van der Waals surface area contributed by atoms with Crippen molar-refractivity contribution in [3.8, 4) is 11.4 Å². The summed E-state index contributed by atoms with van der Waals surface area (Å²) in [5, 5.41) is 0.957. The second kappa shape index (κ2) is 6.16. The van der Waals surface area contributed by atoms with Gasteiger partial charge in [-0.1, -0.05) is 25.1 Å². The maximum absolute atomic E-state index is 13.0. The summed E-state index contributed by atoms with van der Waals surface area (Å²) in [5.41, 5.74) is 2.78. The van der Waals surface area contributed by atoms with E-state index in [0.717, 1.165) is 16.5 Å². The van der Waals surface area contributed by atoms with Crippen LogP contribution >= 0.6 is 0 Å². The minimum atomic E-state index is -0.638. The molecule has 2 aromatic heterocycles. The Kier molecular flexibility index (Phi) is 3.91. The van der Waals surface area contributed by atoms with Crippen LogP contribution in [0.2, 0.25) is 0 Å². The number of esters is 1. The molecule has 0 radical (unpaired) electrons. The Hall–Kier alpha value is -3.28. The standard InChI is InChI=1S/C21H18N2O4/c1-4-15(24)16-11(2)20(25)23-10-13-9-12-7-5-6-8-14(12)22-18(13)19(23)17(16)21(26)27-3/h5-9H,4,10H2,1-3H3. The zero-order valence-corrected chi connectivity index (χ0v) is 15.3. The third kappa shape index (κ3) is 2.40. The Morgan fingerprint density at radius 2 is 1.96 bits per heavy atom. The largest absolute Gasteiger partial charge is 0.465 e. The van der Waals surface area contributed by atoms with E-state index < -0.39 is 5.97 Å². The number of ether oxygens (including phenoxy) is 1. The molecule has 0 spiro atoms. The van der Waals surface area contributed by atoms with Crippen LogP contribution in [-0.4, -0.2) is 28.4 Å². The molecule has 0 unspecified atom stereocenters. The molecule has 1 aromatic carbocycles. The highest BCUT2D eigenvalue weighted by atomic mass is 16.5. The number of carbonyl (C=O) groups excluding carboxylic acids is 2. The first-order chi connectivity index (χ1) is 13.0. The van der Waals surface area contributed by atoms with Crippen LogP contribution in [0.4, 0.5) is 0 Å². The highest BCUT2D eigenvalue weighted by Crippen LogP contribution is 2.36. The van der Waals surface area contributed by atoms with E-state index in [0.29, 0.717) is 17.9 Å². The maximum Gasteiger partial charge on any atom is 0.340 e. The fraction of sp³-hybridized carbons (Fsp3) is 0.238. The summed E-state index contributed by atoms with van der Waals surface area (Å²) < 4.78 is 6.48. The summed E-state index contributed by atoms with van der Waals surface area (Å²) in [6.45, 7) is 3.60. The van der Waals surface area contributed by atoms with Crippen molar-refractivity contribution in [1.29, 1.82) is 0 Å². The predicted molar refractivity (Wildman–Crippen MR) is 101 cm³/mol. The minimum absolute atomic E-state index is 0.128. The number of pyridine rings is 2. The van der Waals surface area contributed by atoms with Crippen molar-refractivity contribution < 1.29 is 14.3 Å². The topological polar surface area (TPSA) is 78.3 Å². The third-order valence-electron chi connectivity index (χ3n) is 5.04. The van der Waals surface area contributed by atoms with Gasteiger partial charge in [0, 0.05) is 28.5 Å². The molecule has 0 bridgehead atoms. The van der Waals surface area contributed by atoms with E-state index in [-0.39, 0.29) is 34.5 Å². The first-order valence-corrected chi connectivity index (χ1v) is 8.75. The zero-order chi connectivity index (χ0) is 19.3. The number of benzene rings is 1. The van der Waals surface area contributed by atoms with E-state index in [2.05, 4.69) is 0 Å². The number of methoxy groups -OCH3 is 1. The van der Waals surface area contributed by atoms with Gasteiger partial charge in [0.2, 0.25) is 0 Å². The highest BCUT2D eigenvalue weighted by Gasteiger charge is 2.34. The average Bonchev–Trinajstić information content (AvgIpc) is 3.05. The number of nitrogens with zero attached hydrogens (tertiary/aromatic N) is 2. The molecule has 0 aliphatic carbocycles. The van der Waals surface area contributed by atoms with Gasteiger partial charge >= 0.3 is 5.97 Å². The van der Waals surface area contributed by atoms with Crippen LogP contribution in [0.5, 0.6) is 0 Å². The second-order valence-corrected chi connectivity index (χ2v) is 6.57. The Balaban J connectivity index is 2.15. The molecular weight excluding hydrogens is 344 g/mol. The smallest absolute Gasteiger partial charge is 0.340 e. The van der Waals surface area contributed by atoms with E-state index in [9.17, 15) is 14.4 Å². The number of ketones is 1. The zero-order valence-electron chi connectivity index (χ0n) is 15.3. The molecule has 3 aromatic rings. The van der Waals surface area contributed by atoms with Crippen molar-refractivity contribution >= 4 is 22.7 Å². The van der Waals surface area contributed by atoms with Crippen LogP contribution in [0.15, 0.2) is 35.1 Å². The van der Waals surface area contributed by atoms with Gasteiger partial charge in [0.05, 0.1) is 36.1 Å². The number of carbonyl (C=O) groups is 2. The first kappa shape index (κ1) is 17.1. The van der Waals surface area contributed by atoms with E-state index in [1.807, 2.05) is 30.3 Å². The van der Waals surface area contributed by atoms with Crippen molar-refractivity contribution in [2.24, 2.45) is 0 Å². The van der Waals surface area contributed by atoms with Crippen molar-refractivity contribution in [2.45, 2.75) is 26.8 Å². The van der Waals surface area contributed by atoms with Gasteiger partial charge in [0.15, 0.2) is 5.78 Å². The number of Topliss-reactive ketones (excluding diaryl/α,β-unsaturated/α-hetero) is 1. The molecule has 0 N–H and O–H groups in total. The van der Waals surface area contributed by atoms with Gasteiger partial charge in [-0.3, -0.25) is 9.59 Å². The quantitative estimate of drug-likeness (QED) is 0.413. The summed E-state index contributed by atoms with van der Waals surface area (Å²) in [4.78, 5) is 42.9. The average molecular weight is 362 g/mol. The maximum atomic E-state index is 13.0. The summed E-state index contributed by atoms with van der Waals surface area (Å²) >= 11 is 0. The van der Waals surface area contributed by atoms with E-state index in [4.69, 9.17) is 9.72 Å². The molecule has 136 valence electrons. The summed E-state index contributed by atoms with van der Waals surface area (Å²) in [6.07, 6.45) is 0.186. The monoisotopic (exact) mass is 362 g/mol.